The topological polar surface area (TPSA) is 55.1 Å². The van der Waals surface area contributed by atoms with Crippen LogP contribution < -0.4 is 0 Å². The van der Waals surface area contributed by atoms with E-state index in [1.807, 2.05) is 22.9 Å². The molecule has 6 heteroatoms. The van der Waals surface area contributed by atoms with Gasteiger partial charge >= 0.3 is 5.97 Å². The molecule has 4 nitrogen and oxygen atoms in total. The minimum atomic E-state index is -1.02. The van der Waals surface area contributed by atoms with E-state index >= 15 is 0 Å². The highest BCUT2D eigenvalue weighted by Gasteiger charge is 2.07. The van der Waals surface area contributed by atoms with E-state index in [9.17, 15) is 4.79 Å². The predicted molar refractivity (Wildman–Crippen MR) is 76.9 cm³/mol. The summed E-state index contributed by atoms with van der Waals surface area (Å²) in [7, 11) is 0. The number of hydrogen-bond acceptors (Lipinski definition) is 2. The van der Waals surface area contributed by atoms with Crippen molar-refractivity contribution in [3.05, 3.63) is 59.1 Å². The van der Waals surface area contributed by atoms with Crippen molar-refractivity contribution in [1.29, 1.82) is 0 Å². The lowest BCUT2D eigenvalue weighted by Crippen LogP contribution is -1.97. The van der Waals surface area contributed by atoms with Crippen LogP contribution in [0.4, 0.5) is 0 Å². The number of halogens is 2. The van der Waals surface area contributed by atoms with Gasteiger partial charge in [-0.15, -0.1) is 12.4 Å². The lowest BCUT2D eigenvalue weighted by molar-refractivity contribution is 0.0697. The zero-order valence-corrected chi connectivity index (χ0v) is 11.4. The average Bonchev–Trinajstić information content (AvgIpc) is 2.81. The molecule has 1 aromatic heterocycles. The second-order valence-corrected chi connectivity index (χ2v) is 4.11. The smallest absolute Gasteiger partial charge is 0.337 e. The van der Waals surface area contributed by atoms with E-state index in [4.69, 9.17) is 16.7 Å². The molecule has 0 saturated carbocycles. The fraction of sp³-hybridized carbons (Fsp3) is 0.0769. The average molecular weight is 299 g/mol. The number of imidazole rings is 1. The first-order chi connectivity index (χ1) is 8.66. The largest absolute Gasteiger partial charge is 0.478 e. The summed E-state index contributed by atoms with van der Waals surface area (Å²) in [6.07, 6.45) is 9.15. The Balaban J connectivity index is 0.00000180. The van der Waals surface area contributed by atoms with Crippen molar-refractivity contribution >= 4 is 36.1 Å². The van der Waals surface area contributed by atoms with Crippen LogP contribution in [-0.4, -0.2) is 20.6 Å². The fourth-order valence-electron chi connectivity index (χ4n) is 1.51. The van der Waals surface area contributed by atoms with Crippen LogP contribution in [0.1, 0.15) is 15.9 Å². The van der Waals surface area contributed by atoms with Gasteiger partial charge in [-0.1, -0.05) is 29.8 Å². The van der Waals surface area contributed by atoms with Gasteiger partial charge in [-0.2, -0.15) is 0 Å². The lowest BCUT2D eigenvalue weighted by Gasteiger charge is -2.00. The van der Waals surface area contributed by atoms with Crippen molar-refractivity contribution in [2.24, 2.45) is 0 Å². The second kappa shape index (κ2) is 6.97. The van der Waals surface area contributed by atoms with Gasteiger partial charge in [0.2, 0.25) is 0 Å². The maximum Gasteiger partial charge on any atom is 0.337 e. The molecule has 100 valence electrons. The van der Waals surface area contributed by atoms with Crippen molar-refractivity contribution in [2.75, 3.05) is 0 Å². The Hall–Kier alpha value is -1.78. The Morgan fingerprint density at radius 2 is 2.26 bits per heavy atom. The quantitative estimate of drug-likeness (QED) is 0.941. The molecule has 0 bridgehead atoms. The number of carboxylic acids is 1. The number of nitrogens with zero attached hydrogens (tertiary/aromatic N) is 2. The Morgan fingerprint density at radius 1 is 1.47 bits per heavy atom. The molecule has 2 rings (SSSR count). The minimum Gasteiger partial charge on any atom is -0.478 e. The highest BCUT2D eigenvalue weighted by atomic mass is 35.5. The Kier molecular flexibility index (Phi) is 5.60. The molecule has 0 fully saturated rings. The molecule has 0 unspecified atom stereocenters. The van der Waals surface area contributed by atoms with Gasteiger partial charge < -0.3 is 9.67 Å². The van der Waals surface area contributed by atoms with Gasteiger partial charge in [0, 0.05) is 18.9 Å². The van der Waals surface area contributed by atoms with E-state index in [-0.39, 0.29) is 23.0 Å². The van der Waals surface area contributed by atoms with Gasteiger partial charge in [-0.25, -0.2) is 9.78 Å². The maximum atomic E-state index is 10.8. The molecule has 1 aromatic carbocycles. The number of carbonyl (C=O) groups is 1. The summed E-state index contributed by atoms with van der Waals surface area (Å²) in [5, 5.41) is 9.09. The molecule has 0 aliphatic heterocycles. The SMILES string of the molecule is Cl.O=C(O)c1ccc(C=CCn2ccnc2)cc1Cl. The van der Waals surface area contributed by atoms with E-state index in [1.54, 1.807) is 24.7 Å². The van der Waals surface area contributed by atoms with Gasteiger partial charge in [-0.3, -0.25) is 0 Å². The number of aromatic nitrogens is 2. The first kappa shape index (κ1) is 15.3. The standard InChI is InChI=1S/C13H11ClN2O2.ClH/c14-12-8-10(3-4-11(12)13(17)18)2-1-6-16-7-5-15-9-16;/h1-5,7-9H,6H2,(H,17,18);1H. The Labute approximate surface area is 121 Å². The van der Waals surface area contributed by atoms with E-state index in [0.29, 0.717) is 6.54 Å². The molecule has 1 N–H and O–H groups in total. The van der Waals surface area contributed by atoms with E-state index < -0.39 is 5.97 Å². The van der Waals surface area contributed by atoms with Crippen LogP contribution in [-0.2, 0) is 6.54 Å². The summed E-state index contributed by atoms with van der Waals surface area (Å²) in [6.45, 7) is 0.707. The van der Waals surface area contributed by atoms with Crippen LogP contribution in [0.15, 0.2) is 43.0 Å². The van der Waals surface area contributed by atoms with E-state index in [1.165, 1.54) is 6.07 Å². The monoisotopic (exact) mass is 298 g/mol. The lowest BCUT2D eigenvalue weighted by atomic mass is 10.1. The van der Waals surface area contributed by atoms with Crippen LogP contribution in [0.3, 0.4) is 0 Å². The predicted octanol–water partition coefficient (Wildman–Crippen LogP) is 3.37. The second-order valence-electron chi connectivity index (χ2n) is 3.71. The van der Waals surface area contributed by atoms with Crippen LogP contribution in [0, 0.1) is 0 Å². The summed E-state index contributed by atoms with van der Waals surface area (Å²) in [6, 6.07) is 4.86. The number of allylic oxidation sites excluding steroid dienone is 1. The molecule has 0 amide bonds. The van der Waals surface area contributed by atoms with Gasteiger partial charge in [0.15, 0.2) is 0 Å². The molecular formula is C13H12Cl2N2O2. The van der Waals surface area contributed by atoms with Crippen molar-refractivity contribution in [1.82, 2.24) is 9.55 Å². The molecule has 2 aromatic rings. The molecule has 0 spiro atoms. The van der Waals surface area contributed by atoms with Gasteiger partial charge in [0.1, 0.15) is 0 Å². The van der Waals surface area contributed by atoms with E-state index in [0.717, 1.165) is 5.56 Å². The van der Waals surface area contributed by atoms with Gasteiger partial charge in [-0.05, 0) is 17.7 Å². The Bertz CT molecular complexity index is 580. The zero-order valence-electron chi connectivity index (χ0n) is 9.86. The first-order valence-corrected chi connectivity index (χ1v) is 5.70. The van der Waals surface area contributed by atoms with Crippen molar-refractivity contribution in [2.45, 2.75) is 6.54 Å². The third-order valence-corrected chi connectivity index (χ3v) is 2.72. The molecule has 19 heavy (non-hydrogen) atoms. The summed E-state index contributed by atoms with van der Waals surface area (Å²) in [4.78, 5) is 14.7. The van der Waals surface area contributed by atoms with Gasteiger partial charge in [0.05, 0.1) is 16.9 Å². The van der Waals surface area contributed by atoms with Gasteiger partial charge in [0.25, 0.3) is 0 Å². The molecule has 0 aliphatic carbocycles. The van der Waals surface area contributed by atoms with Crippen LogP contribution in [0.25, 0.3) is 6.08 Å². The van der Waals surface area contributed by atoms with Crippen molar-refractivity contribution in [3.63, 3.8) is 0 Å². The number of hydrogen-bond donors (Lipinski definition) is 1. The molecule has 0 saturated heterocycles. The third-order valence-electron chi connectivity index (χ3n) is 2.41. The molecule has 1 heterocycles. The molecule has 0 radical (unpaired) electrons. The van der Waals surface area contributed by atoms with Crippen molar-refractivity contribution in [3.8, 4) is 0 Å². The number of carboxylic acid groups (broad SMARTS) is 1. The fourth-order valence-corrected chi connectivity index (χ4v) is 1.78. The van der Waals surface area contributed by atoms with E-state index in [2.05, 4.69) is 4.98 Å². The van der Waals surface area contributed by atoms with Crippen LogP contribution in [0.2, 0.25) is 5.02 Å². The summed E-state index contributed by atoms with van der Waals surface area (Å²) >= 11 is 5.87. The van der Waals surface area contributed by atoms with Crippen LogP contribution in [0.5, 0.6) is 0 Å². The normalized spacial score (nSPS) is 10.4. The highest BCUT2D eigenvalue weighted by molar-refractivity contribution is 6.33. The Morgan fingerprint density at radius 3 is 2.84 bits per heavy atom. The summed E-state index contributed by atoms with van der Waals surface area (Å²) in [5.74, 6) is -1.02. The number of aromatic carboxylic acids is 1. The first-order valence-electron chi connectivity index (χ1n) is 5.32. The zero-order chi connectivity index (χ0) is 13.0. The molecular weight excluding hydrogens is 287 g/mol. The number of rotatable bonds is 4. The minimum absolute atomic E-state index is 0. The maximum absolute atomic E-state index is 10.8. The van der Waals surface area contributed by atoms with Crippen LogP contribution >= 0.6 is 24.0 Å². The van der Waals surface area contributed by atoms with Crippen molar-refractivity contribution < 1.29 is 9.90 Å². The highest BCUT2D eigenvalue weighted by Crippen LogP contribution is 2.18. The third kappa shape index (κ3) is 4.12. The number of benzene rings is 1. The summed E-state index contributed by atoms with van der Waals surface area (Å²) < 4.78 is 1.92. The molecule has 0 atom stereocenters. The molecule has 0 aliphatic rings. The summed E-state index contributed by atoms with van der Waals surface area (Å²) in [5.41, 5.74) is 0.980.